The lowest BCUT2D eigenvalue weighted by Crippen LogP contribution is -2.52. The van der Waals surface area contributed by atoms with E-state index >= 15 is 0 Å². The molecule has 7 nitrogen and oxygen atoms in total. The van der Waals surface area contributed by atoms with Crippen LogP contribution in [0, 0.1) is 0 Å². The Morgan fingerprint density at radius 1 is 0.951 bits per heavy atom. The molecule has 0 saturated heterocycles. The van der Waals surface area contributed by atoms with Gasteiger partial charge in [-0.05, 0) is 68.3 Å². The third-order valence-electron chi connectivity index (χ3n) is 6.48. The number of carbonyl (C=O) groups is 2. The quantitative estimate of drug-likeness (QED) is 0.294. The van der Waals surface area contributed by atoms with E-state index in [2.05, 4.69) is 5.32 Å². The van der Waals surface area contributed by atoms with Crippen LogP contribution >= 0.6 is 11.6 Å². The number of hydrogen-bond acceptors (Lipinski definition) is 4. The maximum absolute atomic E-state index is 13.9. The number of benzene rings is 3. The van der Waals surface area contributed by atoms with Crippen LogP contribution in [0.25, 0.3) is 0 Å². The van der Waals surface area contributed by atoms with E-state index in [1.54, 1.807) is 37.3 Å². The van der Waals surface area contributed by atoms with Crippen LogP contribution in [-0.2, 0) is 32.3 Å². The van der Waals surface area contributed by atoms with Gasteiger partial charge in [0.15, 0.2) is 0 Å². The number of anilines is 1. The van der Waals surface area contributed by atoms with E-state index in [1.807, 2.05) is 6.92 Å². The Kier molecular flexibility index (Phi) is 10.4. The van der Waals surface area contributed by atoms with Crippen molar-refractivity contribution >= 4 is 39.1 Å². The van der Waals surface area contributed by atoms with Crippen molar-refractivity contribution in [2.45, 2.75) is 56.9 Å². The van der Waals surface area contributed by atoms with Crippen molar-refractivity contribution in [2.24, 2.45) is 0 Å². The fraction of sp³-hybridized carbons (Fsp3) is 0.310. The molecule has 0 unspecified atom stereocenters. The Morgan fingerprint density at radius 2 is 1.61 bits per heavy atom. The molecule has 2 atom stereocenters. The Labute approximate surface area is 243 Å². The predicted octanol–water partition coefficient (Wildman–Crippen LogP) is 5.89. The SMILES string of the molecule is CC[C@@H](C)NC(=O)[C@H](C)N(Cc1cccc(Cl)c1)C(=O)CN(c1cccc(C(F)(F)F)c1)S(=O)(=O)c1ccccc1. The van der Waals surface area contributed by atoms with Crippen LogP contribution in [0.5, 0.6) is 0 Å². The number of sulfonamides is 1. The van der Waals surface area contributed by atoms with Crippen molar-refractivity contribution in [3.05, 3.63) is 95.0 Å². The molecule has 0 spiro atoms. The third kappa shape index (κ3) is 8.23. The number of nitrogens with one attached hydrogen (secondary N) is 1. The average molecular weight is 610 g/mol. The lowest BCUT2D eigenvalue weighted by atomic mass is 10.1. The van der Waals surface area contributed by atoms with Crippen LogP contribution < -0.4 is 9.62 Å². The molecule has 0 aliphatic rings. The van der Waals surface area contributed by atoms with E-state index in [9.17, 15) is 31.2 Å². The number of halogens is 4. The standard InChI is InChI=1S/C29H31ClF3N3O4S/c1-4-20(2)34-28(38)21(3)35(18-22-10-8-12-24(30)16-22)27(37)19-36(41(39,40)26-14-6-5-7-15-26)25-13-9-11-23(17-25)29(31,32)33/h5-17,20-21H,4,18-19H2,1-3H3,(H,34,38)/t20-,21+/m1/s1. The summed E-state index contributed by atoms with van der Waals surface area (Å²) in [5.74, 6) is -1.26. The maximum Gasteiger partial charge on any atom is 0.416 e. The highest BCUT2D eigenvalue weighted by molar-refractivity contribution is 7.92. The number of carbonyl (C=O) groups excluding carboxylic acids is 2. The first-order valence-corrected chi connectivity index (χ1v) is 14.6. The van der Waals surface area contributed by atoms with Gasteiger partial charge in [0.1, 0.15) is 12.6 Å². The predicted molar refractivity (Wildman–Crippen MR) is 152 cm³/mol. The Balaban J connectivity index is 2.08. The van der Waals surface area contributed by atoms with Crippen molar-refractivity contribution in [1.29, 1.82) is 0 Å². The second-order valence-corrected chi connectivity index (χ2v) is 11.8. The van der Waals surface area contributed by atoms with Crippen molar-refractivity contribution in [2.75, 3.05) is 10.8 Å². The van der Waals surface area contributed by atoms with E-state index in [0.717, 1.165) is 12.1 Å². The van der Waals surface area contributed by atoms with Gasteiger partial charge in [0, 0.05) is 17.6 Å². The molecule has 2 amide bonds. The summed E-state index contributed by atoms with van der Waals surface area (Å²) in [6.45, 7) is 4.22. The van der Waals surface area contributed by atoms with Gasteiger partial charge in [-0.2, -0.15) is 13.2 Å². The van der Waals surface area contributed by atoms with Crippen LogP contribution in [-0.4, -0.2) is 43.8 Å². The summed E-state index contributed by atoms with van der Waals surface area (Å²) in [6, 6.07) is 16.2. The summed E-state index contributed by atoms with van der Waals surface area (Å²) in [5, 5.41) is 3.20. The van der Waals surface area contributed by atoms with Gasteiger partial charge in [0.25, 0.3) is 10.0 Å². The van der Waals surface area contributed by atoms with Crippen molar-refractivity contribution in [3.63, 3.8) is 0 Å². The summed E-state index contributed by atoms with van der Waals surface area (Å²) in [4.78, 5) is 27.9. The zero-order chi connectivity index (χ0) is 30.4. The van der Waals surface area contributed by atoms with E-state index in [0.29, 0.717) is 27.4 Å². The minimum Gasteiger partial charge on any atom is -0.352 e. The molecule has 220 valence electrons. The molecule has 0 heterocycles. The van der Waals surface area contributed by atoms with Crippen molar-refractivity contribution in [1.82, 2.24) is 10.2 Å². The van der Waals surface area contributed by atoms with E-state index < -0.39 is 46.2 Å². The van der Waals surface area contributed by atoms with Gasteiger partial charge in [-0.25, -0.2) is 8.42 Å². The molecule has 3 rings (SSSR count). The summed E-state index contributed by atoms with van der Waals surface area (Å²) >= 11 is 6.12. The fourth-order valence-corrected chi connectivity index (χ4v) is 5.61. The lowest BCUT2D eigenvalue weighted by Gasteiger charge is -2.32. The molecule has 0 aliphatic heterocycles. The van der Waals surface area contributed by atoms with Crippen LogP contribution in [0.3, 0.4) is 0 Å². The summed E-state index contributed by atoms with van der Waals surface area (Å²) < 4.78 is 68.7. The largest absolute Gasteiger partial charge is 0.416 e. The number of alkyl halides is 3. The molecule has 0 aromatic heterocycles. The van der Waals surface area contributed by atoms with Gasteiger partial charge < -0.3 is 10.2 Å². The van der Waals surface area contributed by atoms with Gasteiger partial charge in [-0.1, -0.05) is 54.9 Å². The first-order chi connectivity index (χ1) is 19.2. The van der Waals surface area contributed by atoms with Crippen LogP contribution in [0.2, 0.25) is 5.02 Å². The van der Waals surface area contributed by atoms with Crippen LogP contribution in [0.4, 0.5) is 18.9 Å². The first kappa shape index (κ1) is 32.0. The molecule has 12 heteroatoms. The molecule has 41 heavy (non-hydrogen) atoms. The van der Waals surface area contributed by atoms with Gasteiger partial charge in [0.2, 0.25) is 11.8 Å². The molecule has 0 fully saturated rings. The van der Waals surface area contributed by atoms with E-state index in [4.69, 9.17) is 11.6 Å². The normalized spacial score (nSPS) is 13.2. The highest BCUT2D eigenvalue weighted by Gasteiger charge is 2.35. The monoisotopic (exact) mass is 609 g/mol. The molecule has 1 N–H and O–H groups in total. The Bertz CT molecular complexity index is 1470. The minimum atomic E-state index is -4.75. The molecule has 0 radical (unpaired) electrons. The lowest BCUT2D eigenvalue weighted by molar-refractivity contribution is -0.139. The summed E-state index contributed by atoms with van der Waals surface area (Å²) in [7, 11) is -4.50. The smallest absolute Gasteiger partial charge is 0.352 e. The minimum absolute atomic E-state index is 0.101. The average Bonchev–Trinajstić information content (AvgIpc) is 2.94. The number of rotatable bonds is 11. The Morgan fingerprint density at radius 3 is 2.22 bits per heavy atom. The second-order valence-electron chi connectivity index (χ2n) is 9.52. The fourth-order valence-electron chi connectivity index (χ4n) is 3.97. The number of hydrogen-bond donors (Lipinski definition) is 1. The molecule has 0 aliphatic carbocycles. The van der Waals surface area contributed by atoms with Gasteiger partial charge in [-0.15, -0.1) is 0 Å². The van der Waals surface area contributed by atoms with Gasteiger partial charge >= 0.3 is 6.18 Å². The van der Waals surface area contributed by atoms with Crippen LogP contribution in [0.1, 0.15) is 38.3 Å². The zero-order valence-electron chi connectivity index (χ0n) is 22.7. The molecular formula is C29H31ClF3N3O4S. The van der Waals surface area contributed by atoms with Crippen molar-refractivity contribution < 1.29 is 31.2 Å². The first-order valence-electron chi connectivity index (χ1n) is 12.8. The summed E-state index contributed by atoms with van der Waals surface area (Å²) in [5.41, 5.74) is -0.852. The molecule has 0 saturated carbocycles. The third-order valence-corrected chi connectivity index (χ3v) is 8.50. The molecule has 3 aromatic carbocycles. The topological polar surface area (TPSA) is 86.8 Å². The Hall–Kier alpha value is -3.57. The van der Waals surface area contributed by atoms with Gasteiger partial charge in [-0.3, -0.25) is 13.9 Å². The highest BCUT2D eigenvalue weighted by atomic mass is 35.5. The molecular weight excluding hydrogens is 579 g/mol. The number of amides is 2. The van der Waals surface area contributed by atoms with Crippen molar-refractivity contribution in [3.8, 4) is 0 Å². The molecule has 0 bridgehead atoms. The second kappa shape index (κ2) is 13.4. The zero-order valence-corrected chi connectivity index (χ0v) is 24.3. The van der Waals surface area contributed by atoms with Gasteiger partial charge in [0.05, 0.1) is 16.1 Å². The van der Waals surface area contributed by atoms with E-state index in [-0.39, 0.29) is 23.2 Å². The van der Waals surface area contributed by atoms with Crippen LogP contribution in [0.15, 0.2) is 83.8 Å². The number of nitrogens with zero attached hydrogens (tertiary/aromatic N) is 2. The highest BCUT2D eigenvalue weighted by Crippen LogP contribution is 2.33. The molecule has 3 aromatic rings. The summed E-state index contributed by atoms with van der Waals surface area (Å²) in [6.07, 6.45) is -4.11. The maximum atomic E-state index is 13.9. The van der Waals surface area contributed by atoms with E-state index in [1.165, 1.54) is 42.2 Å².